The highest BCUT2D eigenvalue weighted by molar-refractivity contribution is 5.86. The van der Waals surface area contributed by atoms with Crippen molar-refractivity contribution in [3.05, 3.63) is 17.7 Å². The second-order valence-electron chi connectivity index (χ2n) is 5.53. The van der Waals surface area contributed by atoms with Crippen LogP contribution in [0.2, 0.25) is 0 Å². The van der Waals surface area contributed by atoms with Gasteiger partial charge < -0.3 is 24.6 Å². The van der Waals surface area contributed by atoms with Gasteiger partial charge >= 0.3 is 5.97 Å². The number of carboxylic acid groups (broad SMARTS) is 1. The Morgan fingerprint density at radius 1 is 1.12 bits per heavy atom. The smallest absolute Gasteiger partial charge is 0.329 e. The first-order valence-corrected chi connectivity index (χ1v) is 7.65. The molecule has 0 bridgehead atoms. The van der Waals surface area contributed by atoms with Crippen LogP contribution in [0.1, 0.15) is 32.3 Å². The van der Waals surface area contributed by atoms with Crippen molar-refractivity contribution >= 4 is 11.9 Å². The van der Waals surface area contributed by atoms with E-state index in [1.165, 1.54) is 28.3 Å². The van der Waals surface area contributed by atoms with Gasteiger partial charge in [-0.05, 0) is 31.4 Å². The lowest BCUT2D eigenvalue weighted by atomic mass is 9.98. The van der Waals surface area contributed by atoms with E-state index in [2.05, 4.69) is 5.32 Å². The average Bonchev–Trinajstić information content (AvgIpc) is 2.58. The summed E-state index contributed by atoms with van der Waals surface area (Å²) in [5, 5.41) is 11.8. The predicted octanol–water partition coefficient (Wildman–Crippen LogP) is 2.01. The number of nitrogens with one attached hydrogen (secondary N) is 1. The Hall–Kier alpha value is -2.44. The molecular formula is C17H25NO6. The maximum atomic E-state index is 12.1. The van der Waals surface area contributed by atoms with Crippen molar-refractivity contribution in [2.75, 3.05) is 21.3 Å². The number of aryl methyl sites for hydroxylation is 1. The van der Waals surface area contributed by atoms with Crippen LogP contribution in [0.4, 0.5) is 0 Å². The zero-order valence-electron chi connectivity index (χ0n) is 14.8. The molecule has 0 aliphatic heterocycles. The summed E-state index contributed by atoms with van der Waals surface area (Å²) >= 11 is 0. The molecule has 1 unspecified atom stereocenters. The van der Waals surface area contributed by atoms with Gasteiger partial charge in [-0.2, -0.15) is 0 Å². The highest BCUT2D eigenvalue weighted by Gasteiger charge is 2.32. The van der Waals surface area contributed by atoms with E-state index in [1.807, 2.05) is 0 Å². The first-order chi connectivity index (χ1) is 11.3. The maximum Gasteiger partial charge on any atom is 0.329 e. The molecule has 1 atom stereocenters. The van der Waals surface area contributed by atoms with Crippen molar-refractivity contribution in [1.82, 2.24) is 5.32 Å². The fraction of sp³-hybridized carbons (Fsp3) is 0.529. The maximum absolute atomic E-state index is 12.1. The van der Waals surface area contributed by atoms with Crippen LogP contribution in [0.25, 0.3) is 0 Å². The van der Waals surface area contributed by atoms with E-state index in [-0.39, 0.29) is 12.3 Å². The predicted molar refractivity (Wildman–Crippen MR) is 88.9 cm³/mol. The van der Waals surface area contributed by atoms with Crippen molar-refractivity contribution in [2.45, 2.75) is 38.6 Å². The third kappa shape index (κ3) is 4.31. The fourth-order valence-electron chi connectivity index (χ4n) is 2.27. The molecular weight excluding hydrogens is 314 g/mol. The van der Waals surface area contributed by atoms with E-state index in [4.69, 9.17) is 14.2 Å². The molecule has 0 radical (unpaired) electrons. The van der Waals surface area contributed by atoms with E-state index >= 15 is 0 Å². The number of carboxylic acids is 1. The lowest BCUT2D eigenvalue weighted by Crippen LogP contribution is -2.51. The van der Waals surface area contributed by atoms with Gasteiger partial charge in [-0.15, -0.1) is 0 Å². The van der Waals surface area contributed by atoms with Crippen LogP contribution >= 0.6 is 0 Å². The summed E-state index contributed by atoms with van der Waals surface area (Å²) < 4.78 is 15.9. The molecule has 0 heterocycles. The molecule has 0 spiro atoms. The minimum atomic E-state index is -1.27. The minimum Gasteiger partial charge on any atom is -0.493 e. The van der Waals surface area contributed by atoms with Crippen molar-refractivity contribution in [1.29, 1.82) is 0 Å². The lowest BCUT2D eigenvalue weighted by molar-refractivity contribution is -0.147. The minimum absolute atomic E-state index is 0.134. The van der Waals surface area contributed by atoms with E-state index in [0.717, 1.165) is 5.56 Å². The average molecular weight is 339 g/mol. The van der Waals surface area contributed by atoms with Crippen LogP contribution in [-0.4, -0.2) is 43.9 Å². The van der Waals surface area contributed by atoms with Gasteiger partial charge in [0.2, 0.25) is 11.7 Å². The van der Waals surface area contributed by atoms with Gasteiger partial charge in [-0.25, -0.2) is 4.79 Å². The Labute approximate surface area is 141 Å². The molecule has 134 valence electrons. The Kier molecular flexibility index (Phi) is 6.88. The quantitative estimate of drug-likeness (QED) is 0.715. The molecule has 0 aliphatic carbocycles. The molecule has 1 amide bonds. The first kappa shape index (κ1) is 19.6. The number of methoxy groups -OCH3 is 3. The van der Waals surface area contributed by atoms with Crippen LogP contribution in [0, 0.1) is 0 Å². The van der Waals surface area contributed by atoms with Gasteiger partial charge in [-0.1, -0.05) is 13.0 Å². The van der Waals surface area contributed by atoms with Gasteiger partial charge in [0.1, 0.15) is 5.54 Å². The largest absolute Gasteiger partial charge is 0.493 e. The number of carbonyl (C=O) groups excluding carboxylic acids is 1. The number of carbonyl (C=O) groups is 2. The molecule has 0 aliphatic rings. The third-order valence-corrected chi connectivity index (χ3v) is 4.00. The van der Waals surface area contributed by atoms with Crippen molar-refractivity contribution in [3.63, 3.8) is 0 Å². The summed E-state index contributed by atoms with van der Waals surface area (Å²) in [4.78, 5) is 23.4. The summed E-state index contributed by atoms with van der Waals surface area (Å²) in [5.74, 6) is 0.107. The molecule has 0 saturated carbocycles. The normalized spacial score (nSPS) is 12.9. The molecule has 0 saturated heterocycles. The Balaban J connectivity index is 2.88. The highest BCUT2D eigenvalue weighted by Crippen LogP contribution is 2.40. The summed E-state index contributed by atoms with van der Waals surface area (Å²) in [5.41, 5.74) is -0.488. The summed E-state index contributed by atoms with van der Waals surface area (Å²) in [7, 11) is 4.55. The number of benzene rings is 1. The summed E-state index contributed by atoms with van der Waals surface area (Å²) in [6, 6.07) is 3.53. The number of hydrogen-bond donors (Lipinski definition) is 2. The number of rotatable bonds is 9. The number of hydrogen-bond acceptors (Lipinski definition) is 5. The van der Waals surface area contributed by atoms with Gasteiger partial charge in [0, 0.05) is 6.42 Å². The second kappa shape index (κ2) is 8.42. The Morgan fingerprint density at radius 2 is 1.75 bits per heavy atom. The van der Waals surface area contributed by atoms with Crippen molar-refractivity contribution < 1.29 is 28.9 Å². The van der Waals surface area contributed by atoms with Gasteiger partial charge in [0.25, 0.3) is 0 Å². The van der Waals surface area contributed by atoms with E-state index in [9.17, 15) is 14.7 Å². The molecule has 1 aromatic rings. The molecule has 0 aromatic heterocycles. The molecule has 0 fully saturated rings. The van der Waals surface area contributed by atoms with Gasteiger partial charge in [0.05, 0.1) is 21.3 Å². The molecule has 24 heavy (non-hydrogen) atoms. The topological polar surface area (TPSA) is 94.1 Å². The van der Waals surface area contributed by atoms with Crippen LogP contribution in [-0.2, 0) is 16.0 Å². The first-order valence-electron chi connectivity index (χ1n) is 7.65. The number of amides is 1. The molecule has 7 heteroatoms. The molecule has 7 nitrogen and oxygen atoms in total. The zero-order valence-corrected chi connectivity index (χ0v) is 14.8. The lowest BCUT2D eigenvalue weighted by Gasteiger charge is -2.24. The molecule has 1 rings (SSSR count). The number of ether oxygens (including phenoxy) is 3. The van der Waals surface area contributed by atoms with Crippen LogP contribution in [0.15, 0.2) is 12.1 Å². The monoisotopic (exact) mass is 339 g/mol. The number of aliphatic carboxylic acids is 1. The van der Waals surface area contributed by atoms with E-state index < -0.39 is 11.5 Å². The molecule has 1 aromatic carbocycles. The SMILES string of the molecule is CCC(C)(NC(=O)CCc1ccc(OC)c(OC)c1OC)C(=O)O. The van der Waals surface area contributed by atoms with Crippen LogP contribution in [0.3, 0.4) is 0 Å². The van der Waals surface area contributed by atoms with Crippen LogP contribution in [0.5, 0.6) is 17.2 Å². The second-order valence-corrected chi connectivity index (χ2v) is 5.53. The van der Waals surface area contributed by atoms with Crippen molar-refractivity contribution in [2.24, 2.45) is 0 Å². The highest BCUT2D eigenvalue weighted by atomic mass is 16.5. The van der Waals surface area contributed by atoms with Gasteiger partial charge in [0.15, 0.2) is 11.5 Å². The Morgan fingerprint density at radius 3 is 2.21 bits per heavy atom. The van der Waals surface area contributed by atoms with E-state index in [0.29, 0.717) is 30.1 Å². The fourth-order valence-corrected chi connectivity index (χ4v) is 2.27. The Bertz CT molecular complexity index is 601. The van der Waals surface area contributed by atoms with E-state index in [1.54, 1.807) is 19.1 Å². The summed E-state index contributed by atoms with van der Waals surface area (Å²) in [6.07, 6.45) is 0.817. The third-order valence-electron chi connectivity index (χ3n) is 4.00. The van der Waals surface area contributed by atoms with Gasteiger partial charge in [-0.3, -0.25) is 4.79 Å². The zero-order chi connectivity index (χ0) is 18.3. The standard InChI is InChI=1S/C17H25NO6/c1-6-17(2,16(20)21)18-13(19)10-8-11-7-9-12(22-3)15(24-5)14(11)23-4/h7,9H,6,8,10H2,1-5H3,(H,18,19)(H,20,21). The molecule has 2 N–H and O–H groups in total. The van der Waals surface area contributed by atoms with Crippen molar-refractivity contribution in [3.8, 4) is 17.2 Å². The summed E-state index contributed by atoms with van der Waals surface area (Å²) in [6.45, 7) is 3.20. The van der Waals surface area contributed by atoms with Crippen LogP contribution < -0.4 is 19.5 Å².